The molecule has 0 aliphatic heterocycles. The van der Waals surface area contributed by atoms with Crippen LogP contribution in [0.4, 0.5) is 20.2 Å². The molecule has 2 aromatic carbocycles. The van der Waals surface area contributed by atoms with Gasteiger partial charge in [0.15, 0.2) is 0 Å². The van der Waals surface area contributed by atoms with Crippen LogP contribution in [0.5, 0.6) is 0 Å². The molecular weight excluding hydrogens is 262 g/mol. The van der Waals surface area contributed by atoms with Crippen molar-refractivity contribution in [3.63, 3.8) is 0 Å². The van der Waals surface area contributed by atoms with E-state index in [1.165, 1.54) is 0 Å². The van der Waals surface area contributed by atoms with E-state index in [1.807, 2.05) is 19.1 Å². The molecule has 0 spiro atoms. The third kappa shape index (κ3) is 2.93. The van der Waals surface area contributed by atoms with E-state index in [-0.39, 0.29) is 5.56 Å². The summed E-state index contributed by atoms with van der Waals surface area (Å²) < 4.78 is 26.6. The summed E-state index contributed by atoms with van der Waals surface area (Å²) in [5.41, 5.74) is 6.09. The number of nitrogens with two attached hydrogens (primary N) is 1. The summed E-state index contributed by atoms with van der Waals surface area (Å²) in [5.74, 6) is -2.48. The van der Waals surface area contributed by atoms with Crippen molar-refractivity contribution in [3.8, 4) is 0 Å². The maximum atomic E-state index is 13.3. The van der Waals surface area contributed by atoms with Gasteiger partial charge in [-0.1, -0.05) is 19.1 Å². The molecule has 20 heavy (non-hydrogen) atoms. The van der Waals surface area contributed by atoms with Crippen molar-refractivity contribution >= 4 is 17.3 Å². The van der Waals surface area contributed by atoms with Gasteiger partial charge in [0.25, 0.3) is 5.91 Å². The van der Waals surface area contributed by atoms with E-state index in [4.69, 9.17) is 5.73 Å². The monoisotopic (exact) mass is 276 g/mol. The molecule has 0 aliphatic carbocycles. The number of carbonyl (C=O) groups excluding carboxylic acids is 1. The minimum absolute atomic E-state index is 0.115. The number of aryl methyl sites for hydroxylation is 1. The molecule has 104 valence electrons. The van der Waals surface area contributed by atoms with Gasteiger partial charge in [-0.15, -0.1) is 0 Å². The second-order valence-corrected chi connectivity index (χ2v) is 4.36. The minimum Gasteiger partial charge on any atom is -0.394 e. The third-order valence-electron chi connectivity index (χ3n) is 2.93. The third-order valence-corrected chi connectivity index (χ3v) is 2.93. The SMILES string of the molecule is CCc1cccc(NC(=O)c2cc(F)c(N)c(F)c2)c1. The van der Waals surface area contributed by atoms with Crippen molar-refractivity contribution in [1.82, 2.24) is 0 Å². The van der Waals surface area contributed by atoms with Crippen LogP contribution in [0.3, 0.4) is 0 Å². The predicted octanol–water partition coefficient (Wildman–Crippen LogP) is 3.36. The normalized spacial score (nSPS) is 10.3. The average molecular weight is 276 g/mol. The number of carbonyl (C=O) groups is 1. The van der Waals surface area contributed by atoms with E-state index < -0.39 is 23.2 Å². The summed E-state index contributed by atoms with van der Waals surface area (Å²) in [6.07, 6.45) is 0.828. The Kier molecular flexibility index (Phi) is 3.98. The second kappa shape index (κ2) is 5.69. The van der Waals surface area contributed by atoms with Gasteiger partial charge in [-0.2, -0.15) is 0 Å². The molecule has 0 fully saturated rings. The summed E-state index contributed by atoms with van der Waals surface area (Å²) in [5, 5.41) is 2.59. The lowest BCUT2D eigenvalue weighted by Gasteiger charge is -2.08. The smallest absolute Gasteiger partial charge is 0.255 e. The van der Waals surface area contributed by atoms with Crippen LogP contribution >= 0.6 is 0 Å². The van der Waals surface area contributed by atoms with E-state index in [0.717, 1.165) is 24.1 Å². The van der Waals surface area contributed by atoms with Gasteiger partial charge in [-0.25, -0.2) is 8.78 Å². The number of anilines is 2. The second-order valence-electron chi connectivity index (χ2n) is 4.36. The number of rotatable bonds is 3. The molecule has 0 saturated carbocycles. The molecule has 0 bridgehead atoms. The molecule has 2 rings (SSSR count). The Morgan fingerprint density at radius 2 is 1.85 bits per heavy atom. The molecule has 5 heteroatoms. The van der Waals surface area contributed by atoms with Gasteiger partial charge >= 0.3 is 0 Å². The molecule has 0 aromatic heterocycles. The Balaban J connectivity index is 2.23. The standard InChI is InChI=1S/C15H14F2N2O/c1-2-9-4-3-5-11(6-9)19-15(20)10-7-12(16)14(18)13(17)8-10/h3-8H,2,18H2,1H3,(H,19,20). The van der Waals surface area contributed by atoms with Crippen LogP contribution in [-0.4, -0.2) is 5.91 Å². The highest BCUT2D eigenvalue weighted by Crippen LogP contribution is 2.19. The maximum absolute atomic E-state index is 13.3. The Labute approximate surface area is 115 Å². The quantitative estimate of drug-likeness (QED) is 0.844. The molecule has 0 heterocycles. The van der Waals surface area contributed by atoms with Crippen LogP contribution < -0.4 is 11.1 Å². The molecule has 0 unspecified atom stereocenters. The van der Waals surface area contributed by atoms with Crippen LogP contribution in [-0.2, 0) is 6.42 Å². The Hall–Kier alpha value is -2.43. The van der Waals surface area contributed by atoms with Crippen LogP contribution in [0.25, 0.3) is 0 Å². The first-order chi connectivity index (χ1) is 9.51. The van der Waals surface area contributed by atoms with Crippen molar-refractivity contribution < 1.29 is 13.6 Å². The number of amides is 1. The number of benzene rings is 2. The van der Waals surface area contributed by atoms with E-state index >= 15 is 0 Å². The molecule has 3 nitrogen and oxygen atoms in total. The number of nitrogen functional groups attached to an aromatic ring is 1. The summed E-state index contributed by atoms with van der Waals surface area (Å²) >= 11 is 0. The van der Waals surface area contributed by atoms with Gasteiger partial charge in [0, 0.05) is 11.3 Å². The molecule has 1 amide bonds. The lowest BCUT2D eigenvalue weighted by atomic mass is 10.1. The molecule has 3 N–H and O–H groups in total. The zero-order valence-corrected chi connectivity index (χ0v) is 10.9. The lowest BCUT2D eigenvalue weighted by Crippen LogP contribution is -2.13. The zero-order chi connectivity index (χ0) is 14.7. The first-order valence-electron chi connectivity index (χ1n) is 6.16. The highest BCUT2D eigenvalue weighted by atomic mass is 19.1. The van der Waals surface area contributed by atoms with E-state index in [0.29, 0.717) is 5.69 Å². The van der Waals surface area contributed by atoms with Crippen molar-refractivity contribution in [1.29, 1.82) is 0 Å². The molecule has 0 atom stereocenters. The van der Waals surface area contributed by atoms with Gasteiger partial charge in [0.2, 0.25) is 0 Å². The van der Waals surface area contributed by atoms with Crippen LogP contribution in [0.1, 0.15) is 22.8 Å². The van der Waals surface area contributed by atoms with Gasteiger partial charge in [-0.05, 0) is 36.2 Å². The predicted molar refractivity (Wildman–Crippen MR) is 74.5 cm³/mol. The van der Waals surface area contributed by atoms with Crippen LogP contribution in [0, 0.1) is 11.6 Å². The topological polar surface area (TPSA) is 55.1 Å². The number of nitrogens with one attached hydrogen (secondary N) is 1. The van der Waals surface area contributed by atoms with Crippen molar-refractivity contribution in [2.24, 2.45) is 0 Å². The van der Waals surface area contributed by atoms with E-state index in [2.05, 4.69) is 5.32 Å². The maximum Gasteiger partial charge on any atom is 0.255 e. The van der Waals surface area contributed by atoms with Gasteiger partial charge in [0.1, 0.15) is 17.3 Å². The summed E-state index contributed by atoms with van der Waals surface area (Å²) in [7, 11) is 0. The lowest BCUT2D eigenvalue weighted by molar-refractivity contribution is 0.102. The fourth-order valence-electron chi connectivity index (χ4n) is 1.79. The summed E-state index contributed by atoms with van der Waals surface area (Å²) in [4.78, 5) is 11.9. The van der Waals surface area contributed by atoms with Crippen molar-refractivity contribution in [2.75, 3.05) is 11.1 Å². The summed E-state index contributed by atoms with van der Waals surface area (Å²) in [6, 6.07) is 9.08. The Morgan fingerprint density at radius 1 is 1.20 bits per heavy atom. The van der Waals surface area contributed by atoms with Gasteiger partial charge < -0.3 is 11.1 Å². The Bertz CT molecular complexity index is 633. The first kappa shape index (κ1) is 14.0. The Morgan fingerprint density at radius 3 is 2.45 bits per heavy atom. The van der Waals surface area contributed by atoms with Crippen molar-refractivity contribution in [3.05, 3.63) is 59.2 Å². The van der Waals surface area contributed by atoms with Gasteiger partial charge in [0.05, 0.1) is 0 Å². The fourth-order valence-corrected chi connectivity index (χ4v) is 1.79. The number of halogens is 2. The van der Waals surface area contributed by atoms with E-state index in [9.17, 15) is 13.6 Å². The van der Waals surface area contributed by atoms with Crippen LogP contribution in [0.15, 0.2) is 36.4 Å². The van der Waals surface area contributed by atoms with E-state index in [1.54, 1.807) is 12.1 Å². The molecule has 0 aliphatic rings. The molecular formula is C15H14F2N2O. The first-order valence-corrected chi connectivity index (χ1v) is 6.16. The molecule has 2 aromatic rings. The highest BCUT2D eigenvalue weighted by Gasteiger charge is 2.13. The molecule has 0 radical (unpaired) electrons. The zero-order valence-electron chi connectivity index (χ0n) is 10.9. The van der Waals surface area contributed by atoms with Gasteiger partial charge in [-0.3, -0.25) is 4.79 Å². The number of hydrogen-bond donors (Lipinski definition) is 2. The highest BCUT2D eigenvalue weighted by molar-refractivity contribution is 6.04. The van der Waals surface area contributed by atoms with Crippen molar-refractivity contribution in [2.45, 2.75) is 13.3 Å². The minimum atomic E-state index is -0.947. The fraction of sp³-hybridized carbons (Fsp3) is 0.133. The molecule has 0 saturated heterocycles. The summed E-state index contributed by atoms with van der Waals surface area (Å²) in [6.45, 7) is 1.99. The number of hydrogen-bond acceptors (Lipinski definition) is 2. The van der Waals surface area contributed by atoms with Crippen LogP contribution in [0.2, 0.25) is 0 Å². The largest absolute Gasteiger partial charge is 0.394 e. The average Bonchev–Trinajstić information content (AvgIpc) is 2.44.